The van der Waals surface area contributed by atoms with Crippen LogP contribution >= 0.6 is 11.6 Å². The maximum absolute atomic E-state index is 9.75. The zero-order valence-electron chi connectivity index (χ0n) is 9.05. The highest BCUT2D eigenvalue weighted by Gasteiger charge is 2.02. The normalized spacial score (nSPS) is 11.1. The van der Waals surface area contributed by atoms with Crippen molar-refractivity contribution in [2.75, 3.05) is 13.6 Å². The quantitative estimate of drug-likeness (QED) is 0.773. The van der Waals surface area contributed by atoms with Crippen LogP contribution in [0, 0.1) is 6.92 Å². The molecule has 2 N–H and O–H groups in total. The summed E-state index contributed by atoms with van der Waals surface area (Å²) in [6, 6.07) is 3.52. The molecule has 0 aliphatic carbocycles. The summed E-state index contributed by atoms with van der Waals surface area (Å²) in [4.78, 5) is 0. The van der Waals surface area contributed by atoms with E-state index in [0.717, 1.165) is 24.1 Å². The van der Waals surface area contributed by atoms with Crippen LogP contribution in [-0.2, 0) is 0 Å². The fraction of sp³-hybridized carbons (Fsp3) is 0.333. The number of hydrogen-bond acceptors (Lipinski definition) is 2. The topological polar surface area (TPSA) is 32.3 Å². The first-order chi connectivity index (χ1) is 7.15. The summed E-state index contributed by atoms with van der Waals surface area (Å²) in [7, 11) is 1.91. The summed E-state index contributed by atoms with van der Waals surface area (Å²) in [5, 5.41) is 13.5. The molecule has 2 nitrogen and oxygen atoms in total. The lowest BCUT2D eigenvalue weighted by Gasteiger charge is -2.04. The highest BCUT2D eigenvalue weighted by atomic mass is 35.5. The van der Waals surface area contributed by atoms with E-state index in [4.69, 9.17) is 11.6 Å². The average Bonchev–Trinajstić information content (AvgIpc) is 2.19. The minimum atomic E-state index is 0.306. The fourth-order valence-corrected chi connectivity index (χ4v) is 1.61. The molecule has 15 heavy (non-hydrogen) atoms. The second kappa shape index (κ2) is 5.79. The van der Waals surface area contributed by atoms with Gasteiger partial charge in [-0.05, 0) is 44.6 Å². The van der Waals surface area contributed by atoms with Gasteiger partial charge in [-0.2, -0.15) is 0 Å². The molecule has 1 aromatic carbocycles. The van der Waals surface area contributed by atoms with Crippen molar-refractivity contribution in [3.05, 3.63) is 34.4 Å². The van der Waals surface area contributed by atoms with Crippen LogP contribution in [0.5, 0.6) is 5.75 Å². The van der Waals surface area contributed by atoms with Gasteiger partial charge in [0.25, 0.3) is 0 Å². The maximum atomic E-state index is 9.75. The van der Waals surface area contributed by atoms with Gasteiger partial charge in [0, 0.05) is 10.6 Å². The van der Waals surface area contributed by atoms with Crippen LogP contribution < -0.4 is 5.32 Å². The van der Waals surface area contributed by atoms with Crippen molar-refractivity contribution in [1.29, 1.82) is 0 Å². The molecule has 0 bridgehead atoms. The zero-order chi connectivity index (χ0) is 11.3. The monoisotopic (exact) mass is 225 g/mol. The van der Waals surface area contributed by atoms with Gasteiger partial charge >= 0.3 is 0 Å². The van der Waals surface area contributed by atoms with E-state index in [-0.39, 0.29) is 0 Å². The summed E-state index contributed by atoms with van der Waals surface area (Å²) in [6.07, 6.45) is 4.84. The second-order valence-electron chi connectivity index (χ2n) is 3.46. The van der Waals surface area contributed by atoms with Gasteiger partial charge in [-0.15, -0.1) is 0 Å². The van der Waals surface area contributed by atoms with E-state index in [0.29, 0.717) is 10.8 Å². The van der Waals surface area contributed by atoms with Crippen molar-refractivity contribution in [3.63, 3.8) is 0 Å². The lowest BCUT2D eigenvalue weighted by atomic mass is 10.1. The highest BCUT2D eigenvalue weighted by molar-refractivity contribution is 6.30. The molecule has 0 fully saturated rings. The molecule has 0 radical (unpaired) electrons. The van der Waals surface area contributed by atoms with E-state index in [9.17, 15) is 5.11 Å². The van der Waals surface area contributed by atoms with Crippen molar-refractivity contribution in [3.8, 4) is 5.75 Å². The third kappa shape index (κ3) is 3.57. The van der Waals surface area contributed by atoms with Crippen LogP contribution in [0.25, 0.3) is 6.08 Å². The van der Waals surface area contributed by atoms with Crippen LogP contribution in [0.15, 0.2) is 18.2 Å². The first-order valence-electron chi connectivity index (χ1n) is 4.95. The van der Waals surface area contributed by atoms with Crippen molar-refractivity contribution < 1.29 is 5.11 Å². The van der Waals surface area contributed by atoms with E-state index in [2.05, 4.69) is 5.32 Å². The van der Waals surface area contributed by atoms with Gasteiger partial charge in [0.2, 0.25) is 0 Å². The fourth-order valence-electron chi connectivity index (χ4n) is 1.33. The first-order valence-corrected chi connectivity index (χ1v) is 5.33. The van der Waals surface area contributed by atoms with E-state index in [1.54, 1.807) is 12.1 Å². The van der Waals surface area contributed by atoms with Crippen molar-refractivity contribution in [2.24, 2.45) is 0 Å². The molecular weight excluding hydrogens is 210 g/mol. The van der Waals surface area contributed by atoms with Crippen LogP contribution in [-0.4, -0.2) is 18.7 Å². The number of benzene rings is 1. The highest BCUT2D eigenvalue weighted by Crippen LogP contribution is 2.27. The largest absolute Gasteiger partial charge is 0.507 e. The molecule has 1 rings (SSSR count). The number of aryl methyl sites for hydroxylation is 1. The van der Waals surface area contributed by atoms with Crippen LogP contribution in [0.2, 0.25) is 5.02 Å². The lowest BCUT2D eigenvalue weighted by Crippen LogP contribution is -2.05. The number of halogens is 1. The van der Waals surface area contributed by atoms with Gasteiger partial charge in [0.05, 0.1) is 0 Å². The molecule has 0 saturated carbocycles. The second-order valence-corrected chi connectivity index (χ2v) is 3.89. The molecule has 82 valence electrons. The third-order valence-electron chi connectivity index (χ3n) is 2.15. The Labute approximate surface area is 95.6 Å². The molecule has 0 aliphatic heterocycles. The Balaban J connectivity index is 2.80. The van der Waals surface area contributed by atoms with Gasteiger partial charge in [-0.25, -0.2) is 0 Å². The van der Waals surface area contributed by atoms with E-state index >= 15 is 0 Å². The number of aromatic hydroxyl groups is 1. The summed E-state index contributed by atoms with van der Waals surface area (Å²) in [6.45, 7) is 2.77. The molecule has 0 aliphatic rings. The Bertz CT molecular complexity index is 361. The molecular formula is C12H16ClNO. The average molecular weight is 226 g/mol. The Hall–Kier alpha value is -0.990. The predicted octanol–water partition coefficient (Wildman–Crippen LogP) is 2.98. The summed E-state index contributed by atoms with van der Waals surface area (Å²) < 4.78 is 0. The van der Waals surface area contributed by atoms with Crippen molar-refractivity contribution >= 4 is 17.7 Å². The molecule has 0 amide bonds. The molecule has 3 heteroatoms. The van der Waals surface area contributed by atoms with Crippen molar-refractivity contribution in [1.82, 2.24) is 5.32 Å². The number of hydrogen-bond donors (Lipinski definition) is 2. The summed E-state index contributed by atoms with van der Waals surface area (Å²) in [5.41, 5.74) is 1.58. The molecule has 0 heterocycles. The Kier molecular flexibility index (Phi) is 4.66. The Morgan fingerprint density at radius 2 is 2.20 bits per heavy atom. The van der Waals surface area contributed by atoms with Gasteiger partial charge in [-0.3, -0.25) is 0 Å². The van der Waals surface area contributed by atoms with Gasteiger partial charge in [0.15, 0.2) is 0 Å². The minimum absolute atomic E-state index is 0.306. The van der Waals surface area contributed by atoms with Gasteiger partial charge in [-0.1, -0.05) is 23.8 Å². The zero-order valence-corrected chi connectivity index (χ0v) is 9.80. The first kappa shape index (κ1) is 12.1. The summed E-state index contributed by atoms with van der Waals surface area (Å²) in [5.74, 6) is 0.306. The number of nitrogens with one attached hydrogen (secondary N) is 1. The molecule has 0 atom stereocenters. The van der Waals surface area contributed by atoms with Gasteiger partial charge < -0.3 is 10.4 Å². The van der Waals surface area contributed by atoms with Crippen LogP contribution in [0.3, 0.4) is 0 Å². The molecule has 0 spiro atoms. The van der Waals surface area contributed by atoms with Gasteiger partial charge in [0.1, 0.15) is 5.75 Å². The summed E-state index contributed by atoms with van der Waals surface area (Å²) >= 11 is 5.90. The molecule has 1 aromatic rings. The van der Waals surface area contributed by atoms with Crippen LogP contribution in [0.4, 0.5) is 0 Å². The van der Waals surface area contributed by atoms with E-state index in [1.807, 2.05) is 26.1 Å². The number of rotatable bonds is 4. The smallest absolute Gasteiger partial charge is 0.125 e. The number of phenolic OH excluding ortho intramolecular Hbond substituents is 1. The Morgan fingerprint density at radius 3 is 2.87 bits per heavy atom. The third-order valence-corrected chi connectivity index (χ3v) is 2.37. The lowest BCUT2D eigenvalue weighted by molar-refractivity contribution is 0.470. The standard InChI is InChI=1S/C12H16ClNO/c1-9-7-11(13)8-10(12(9)15)5-3-4-6-14-2/h3,5,7-8,14-15H,4,6H2,1-2H3. The molecule has 0 aromatic heterocycles. The maximum Gasteiger partial charge on any atom is 0.125 e. The predicted molar refractivity (Wildman–Crippen MR) is 65.4 cm³/mol. The molecule has 0 saturated heterocycles. The minimum Gasteiger partial charge on any atom is -0.507 e. The van der Waals surface area contributed by atoms with E-state index < -0.39 is 0 Å². The SMILES string of the molecule is CNCCC=Cc1cc(Cl)cc(C)c1O. The van der Waals surface area contributed by atoms with E-state index in [1.165, 1.54) is 0 Å². The van der Waals surface area contributed by atoms with Crippen LogP contribution in [0.1, 0.15) is 17.5 Å². The molecule has 0 unspecified atom stereocenters. The number of phenols is 1. The van der Waals surface area contributed by atoms with Crippen molar-refractivity contribution in [2.45, 2.75) is 13.3 Å². The Morgan fingerprint density at radius 1 is 1.47 bits per heavy atom.